The van der Waals surface area contributed by atoms with Crippen LogP contribution in [0, 0.1) is 0 Å². The minimum absolute atomic E-state index is 0.551. The van der Waals surface area contributed by atoms with Crippen LogP contribution in [0.25, 0.3) is 10.9 Å². The predicted octanol–water partition coefficient (Wildman–Crippen LogP) is 4.19. The number of rotatable bonds is 4. The highest BCUT2D eigenvalue weighted by molar-refractivity contribution is 7.99. The van der Waals surface area contributed by atoms with Gasteiger partial charge in [-0.05, 0) is 19.1 Å². The summed E-state index contributed by atoms with van der Waals surface area (Å²) >= 11 is 7.66. The summed E-state index contributed by atoms with van der Waals surface area (Å²) in [6, 6.07) is 10.2. The Balaban J connectivity index is 1.91. The summed E-state index contributed by atoms with van der Waals surface area (Å²) in [6.45, 7) is 2.78. The molecular weight excluding hydrogens is 292 g/mol. The number of benzene rings is 1. The molecule has 0 unspecified atom stereocenters. The van der Waals surface area contributed by atoms with E-state index >= 15 is 0 Å². The Bertz CT molecular complexity index is 708. The van der Waals surface area contributed by atoms with E-state index in [-0.39, 0.29) is 0 Å². The summed E-state index contributed by atoms with van der Waals surface area (Å²) in [5, 5.41) is 6.56. The minimum atomic E-state index is 0.551. The van der Waals surface area contributed by atoms with Gasteiger partial charge < -0.3 is 10.3 Å². The molecule has 102 valence electrons. The number of hydrogen-bond acceptors (Lipinski definition) is 4. The van der Waals surface area contributed by atoms with Crippen molar-refractivity contribution in [2.24, 2.45) is 0 Å². The molecule has 1 aromatic carbocycles. The topological polar surface area (TPSA) is 53.6 Å². The van der Waals surface area contributed by atoms with Crippen molar-refractivity contribution in [2.75, 3.05) is 11.9 Å². The van der Waals surface area contributed by atoms with Gasteiger partial charge in [0.25, 0.3) is 0 Å². The van der Waals surface area contributed by atoms with E-state index < -0.39 is 0 Å². The first-order valence-corrected chi connectivity index (χ1v) is 7.47. The van der Waals surface area contributed by atoms with Gasteiger partial charge in [-0.2, -0.15) is 0 Å². The highest BCUT2D eigenvalue weighted by atomic mass is 35.5. The zero-order valence-corrected chi connectivity index (χ0v) is 12.4. The van der Waals surface area contributed by atoms with Crippen LogP contribution in [0.2, 0.25) is 5.02 Å². The average molecular weight is 305 g/mol. The molecule has 0 fully saturated rings. The molecule has 3 rings (SSSR count). The molecule has 0 saturated heterocycles. The number of halogens is 1. The Labute approximate surface area is 126 Å². The SMILES string of the molecule is CCNc1ncc(Cl)c(Sc2cc3ccccc3[nH]2)n1. The van der Waals surface area contributed by atoms with Gasteiger partial charge in [-0.1, -0.05) is 41.6 Å². The van der Waals surface area contributed by atoms with Crippen LogP contribution in [0.4, 0.5) is 5.95 Å². The van der Waals surface area contributed by atoms with E-state index in [1.165, 1.54) is 17.1 Å². The molecule has 0 aliphatic heterocycles. The van der Waals surface area contributed by atoms with Gasteiger partial charge in [0.05, 0.1) is 16.2 Å². The summed E-state index contributed by atoms with van der Waals surface area (Å²) < 4.78 is 0. The molecule has 0 aliphatic rings. The van der Waals surface area contributed by atoms with Gasteiger partial charge in [-0.3, -0.25) is 0 Å². The fraction of sp³-hybridized carbons (Fsp3) is 0.143. The Morgan fingerprint density at radius 1 is 1.35 bits per heavy atom. The van der Waals surface area contributed by atoms with Crippen LogP contribution in [0.15, 0.2) is 46.6 Å². The molecule has 6 heteroatoms. The quantitative estimate of drug-likeness (QED) is 0.710. The third kappa shape index (κ3) is 2.73. The molecule has 4 nitrogen and oxygen atoms in total. The number of nitrogens with zero attached hydrogens (tertiary/aromatic N) is 2. The van der Waals surface area contributed by atoms with Crippen molar-refractivity contribution in [3.05, 3.63) is 41.6 Å². The van der Waals surface area contributed by atoms with E-state index in [4.69, 9.17) is 11.6 Å². The Kier molecular flexibility index (Phi) is 3.80. The van der Waals surface area contributed by atoms with Gasteiger partial charge in [-0.15, -0.1) is 0 Å². The third-order valence-corrected chi connectivity index (χ3v) is 4.09. The predicted molar refractivity (Wildman–Crippen MR) is 83.6 cm³/mol. The van der Waals surface area contributed by atoms with E-state index in [1.807, 2.05) is 25.1 Å². The zero-order chi connectivity index (χ0) is 13.9. The monoisotopic (exact) mass is 304 g/mol. The van der Waals surface area contributed by atoms with Crippen LogP contribution in [0.5, 0.6) is 0 Å². The largest absolute Gasteiger partial charge is 0.354 e. The van der Waals surface area contributed by atoms with Gasteiger partial charge in [0, 0.05) is 17.4 Å². The van der Waals surface area contributed by atoms with Crippen molar-refractivity contribution < 1.29 is 0 Å². The zero-order valence-electron chi connectivity index (χ0n) is 10.9. The van der Waals surface area contributed by atoms with Crippen LogP contribution in [-0.4, -0.2) is 21.5 Å². The van der Waals surface area contributed by atoms with Crippen molar-refractivity contribution >= 4 is 40.2 Å². The lowest BCUT2D eigenvalue weighted by atomic mass is 10.3. The number of aromatic amines is 1. The number of anilines is 1. The number of H-pyrrole nitrogens is 1. The molecule has 2 N–H and O–H groups in total. The van der Waals surface area contributed by atoms with Crippen LogP contribution in [-0.2, 0) is 0 Å². The molecule has 3 aromatic rings. The van der Waals surface area contributed by atoms with Gasteiger partial charge in [0.1, 0.15) is 5.03 Å². The molecular formula is C14H13ClN4S. The Morgan fingerprint density at radius 3 is 3.00 bits per heavy atom. The lowest BCUT2D eigenvalue weighted by molar-refractivity contribution is 1.01. The maximum absolute atomic E-state index is 6.16. The summed E-state index contributed by atoms with van der Waals surface area (Å²) in [7, 11) is 0. The molecule has 2 aromatic heterocycles. The average Bonchev–Trinajstić information content (AvgIpc) is 2.85. The van der Waals surface area contributed by atoms with E-state index in [0.717, 1.165) is 22.1 Å². The summed E-state index contributed by atoms with van der Waals surface area (Å²) in [5.74, 6) is 0.593. The molecule has 2 heterocycles. The first kappa shape index (κ1) is 13.3. The van der Waals surface area contributed by atoms with Crippen molar-refractivity contribution in [2.45, 2.75) is 17.0 Å². The van der Waals surface area contributed by atoms with Crippen molar-refractivity contribution in [1.82, 2.24) is 15.0 Å². The number of nitrogens with one attached hydrogen (secondary N) is 2. The normalized spacial score (nSPS) is 10.9. The molecule has 0 amide bonds. The number of para-hydroxylation sites is 1. The van der Waals surface area contributed by atoms with Crippen LogP contribution >= 0.6 is 23.4 Å². The smallest absolute Gasteiger partial charge is 0.223 e. The molecule has 20 heavy (non-hydrogen) atoms. The first-order chi connectivity index (χ1) is 9.76. The molecule has 0 radical (unpaired) electrons. The van der Waals surface area contributed by atoms with Crippen LogP contribution < -0.4 is 5.32 Å². The van der Waals surface area contributed by atoms with Gasteiger partial charge >= 0.3 is 0 Å². The summed E-state index contributed by atoms with van der Waals surface area (Å²) in [6.07, 6.45) is 1.62. The van der Waals surface area contributed by atoms with E-state index in [2.05, 4.69) is 32.4 Å². The lowest BCUT2D eigenvalue weighted by Gasteiger charge is -2.05. The summed E-state index contributed by atoms with van der Waals surface area (Å²) in [4.78, 5) is 11.9. The van der Waals surface area contributed by atoms with Crippen molar-refractivity contribution in [1.29, 1.82) is 0 Å². The van der Waals surface area contributed by atoms with Crippen molar-refractivity contribution in [3.63, 3.8) is 0 Å². The fourth-order valence-corrected chi connectivity index (χ4v) is 2.92. The lowest BCUT2D eigenvalue weighted by Crippen LogP contribution is -2.02. The van der Waals surface area contributed by atoms with Gasteiger partial charge in [0.2, 0.25) is 5.95 Å². The highest BCUT2D eigenvalue weighted by Crippen LogP contribution is 2.33. The highest BCUT2D eigenvalue weighted by Gasteiger charge is 2.09. The standard InChI is InChI=1S/C14H13ClN4S/c1-2-16-14-17-8-10(15)13(19-14)20-12-7-9-5-3-4-6-11(9)18-12/h3-8,18H,2H2,1H3,(H,16,17,19). The Hall–Kier alpha value is -1.72. The molecule has 0 spiro atoms. The van der Waals surface area contributed by atoms with Gasteiger partial charge in [0.15, 0.2) is 0 Å². The van der Waals surface area contributed by atoms with Crippen LogP contribution in [0.1, 0.15) is 6.92 Å². The van der Waals surface area contributed by atoms with Gasteiger partial charge in [-0.25, -0.2) is 9.97 Å². The fourth-order valence-electron chi connectivity index (χ4n) is 1.87. The second-order valence-electron chi connectivity index (χ2n) is 4.20. The van der Waals surface area contributed by atoms with E-state index in [0.29, 0.717) is 11.0 Å². The number of aromatic nitrogens is 3. The van der Waals surface area contributed by atoms with E-state index in [1.54, 1.807) is 6.20 Å². The third-order valence-electron chi connectivity index (χ3n) is 2.76. The Morgan fingerprint density at radius 2 is 2.20 bits per heavy atom. The van der Waals surface area contributed by atoms with E-state index in [9.17, 15) is 0 Å². The minimum Gasteiger partial charge on any atom is -0.354 e. The van der Waals surface area contributed by atoms with Crippen molar-refractivity contribution in [3.8, 4) is 0 Å². The maximum Gasteiger partial charge on any atom is 0.223 e. The molecule has 0 atom stereocenters. The maximum atomic E-state index is 6.16. The molecule has 0 bridgehead atoms. The van der Waals surface area contributed by atoms with Crippen LogP contribution in [0.3, 0.4) is 0 Å². The first-order valence-electron chi connectivity index (χ1n) is 6.28. The summed E-state index contributed by atoms with van der Waals surface area (Å²) in [5.41, 5.74) is 1.10. The second kappa shape index (κ2) is 5.73. The molecule has 0 saturated carbocycles. The number of hydrogen-bond donors (Lipinski definition) is 2. The number of fused-ring (bicyclic) bond motifs is 1. The molecule has 0 aliphatic carbocycles. The second-order valence-corrected chi connectivity index (χ2v) is 5.64.